The summed E-state index contributed by atoms with van der Waals surface area (Å²) in [5, 5.41) is 1.47. The summed E-state index contributed by atoms with van der Waals surface area (Å²) in [6, 6.07) is 12.0. The highest BCUT2D eigenvalue weighted by Crippen LogP contribution is 2.58. The predicted molar refractivity (Wildman–Crippen MR) is 239 cm³/mol. The number of allylic oxidation sites excluding steroid dienone is 2. The van der Waals surface area contributed by atoms with Crippen LogP contribution in [-0.2, 0) is 33.9 Å². The molecule has 0 spiro atoms. The first kappa shape index (κ1) is 45.4. The lowest BCUT2D eigenvalue weighted by Gasteiger charge is -2.32. The quantitative estimate of drug-likeness (QED) is 0.167. The minimum atomic E-state index is -3.99. The molecule has 0 bridgehead atoms. The number of rotatable bonds is 9. The lowest BCUT2D eigenvalue weighted by atomic mass is 9.82. The Labute approximate surface area is 375 Å². The number of hydrogen-bond donors (Lipinski definition) is 1. The minimum absolute atomic E-state index is 0.00513. The molecule has 8 rings (SSSR count). The van der Waals surface area contributed by atoms with Gasteiger partial charge in [0.25, 0.3) is 0 Å². The number of ketones is 1. The van der Waals surface area contributed by atoms with Crippen molar-refractivity contribution in [3.8, 4) is 34.4 Å². The van der Waals surface area contributed by atoms with Crippen LogP contribution < -0.4 is 23.7 Å². The molecule has 3 aromatic rings. The predicted octanol–water partition coefficient (Wildman–Crippen LogP) is 7.35. The van der Waals surface area contributed by atoms with Gasteiger partial charge in [-0.15, -0.1) is 0 Å². The van der Waals surface area contributed by atoms with Crippen molar-refractivity contribution in [3.63, 3.8) is 0 Å². The smallest absolute Gasteiger partial charge is 0.307 e. The number of benzene rings is 2. The van der Waals surface area contributed by atoms with Gasteiger partial charge in [0.15, 0.2) is 17.3 Å². The Morgan fingerprint density at radius 1 is 1.00 bits per heavy atom. The number of nitrogens with one attached hydrogen (secondary N) is 1. The second-order valence-electron chi connectivity index (χ2n) is 20.0. The van der Waals surface area contributed by atoms with Gasteiger partial charge < -0.3 is 28.6 Å². The van der Waals surface area contributed by atoms with Gasteiger partial charge in [-0.1, -0.05) is 26.0 Å². The van der Waals surface area contributed by atoms with E-state index < -0.39 is 55.7 Å². The zero-order chi connectivity index (χ0) is 45.8. The van der Waals surface area contributed by atoms with Crippen LogP contribution >= 0.6 is 0 Å². The zero-order valence-electron chi connectivity index (χ0n) is 37.9. The monoisotopic (exact) mass is 899 g/mol. The van der Waals surface area contributed by atoms with Gasteiger partial charge in [-0.25, -0.2) is 13.4 Å². The lowest BCUT2D eigenvalue weighted by molar-refractivity contribution is -0.160. The largest absolute Gasteiger partial charge is 0.497 e. The fourth-order valence-corrected chi connectivity index (χ4v) is 10.9. The highest BCUT2D eigenvalue weighted by Gasteiger charge is 2.62. The van der Waals surface area contributed by atoms with E-state index in [4.69, 9.17) is 28.7 Å². The first-order valence-corrected chi connectivity index (χ1v) is 24.1. The number of carbonyl (C=O) groups is 4. The van der Waals surface area contributed by atoms with Crippen molar-refractivity contribution < 1.29 is 51.3 Å². The summed E-state index contributed by atoms with van der Waals surface area (Å²) in [7, 11) is -2.40. The Balaban J connectivity index is 1.16. The number of fused-ring (bicyclic) bond motifs is 4. The van der Waals surface area contributed by atoms with E-state index in [0.29, 0.717) is 73.6 Å². The normalized spacial score (nSPS) is 28.5. The number of nitrogens with zero attached hydrogens (tertiary/aromatic N) is 2. The molecule has 64 heavy (non-hydrogen) atoms. The number of aromatic nitrogens is 1. The second-order valence-corrected chi connectivity index (χ2v) is 22.2. The summed E-state index contributed by atoms with van der Waals surface area (Å²) < 4.78 is 57.8. The molecule has 1 N–H and O–H groups in total. The van der Waals surface area contributed by atoms with E-state index in [2.05, 4.69) is 11.6 Å². The first-order chi connectivity index (χ1) is 30.3. The molecule has 4 heterocycles. The van der Waals surface area contributed by atoms with Crippen LogP contribution in [0.25, 0.3) is 22.0 Å². The SMILES string of the molecule is COc1ccc2c(OC3C[C@H]4C(=O)C[C@]5(C(=O)NS(=O)(=O)C6(C)CC6)C[C@H]5/C=C\CC[C@H](C)C[C@@H](C)[C@H](CC(=O)OC(C)(C)C)C(=O)N4C3)nc(-c3ccc4c(c3)OCCO4)cc2c1. The summed E-state index contributed by atoms with van der Waals surface area (Å²) in [6.45, 7) is 11.9. The topological polar surface area (TPSA) is 177 Å². The Bertz CT molecular complexity index is 2480. The van der Waals surface area contributed by atoms with Crippen LogP contribution in [0.1, 0.15) is 99.3 Å². The van der Waals surface area contributed by atoms with Crippen LogP contribution in [0.15, 0.2) is 54.6 Å². The van der Waals surface area contributed by atoms with Gasteiger partial charge in [0.2, 0.25) is 27.7 Å². The third-order valence-electron chi connectivity index (χ3n) is 13.7. The number of carbonyl (C=O) groups excluding carboxylic acids is 4. The Morgan fingerprint density at radius 2 is 1.75 bits per heavy atom. The number of sulfonamides is 1. The standard InChI is InChI=1S/C49H61N3O11S/c1-29-10-8-9-11-33-26-49(33,46(56)51-64(57,58)48(6)16-17-48)27-40(53)39-24-35(28-52(39)45(55)37(30(2)20-29)25-43(54)63-47(3,4)5)62-44-36-14-13-34(59-7)21-32(36)22-38(50-44)31-12-15-41-42(23-31)61-19-18-60-41/h9,11-15,21-23,29-30,33,35,37,39H,8,10,16-20,24-28H2,1-7H3,(H,51,56)/b11-9-/t29-,30+,33+,35?,37-,39-,49+/m0/s1. The van der Waals surface area contributed by atoms with Crippen molar-refractivity contribution in [3.05, 3.63) is 54.6 Å². The number of amides is 2. The van der Waals surface area contributed by atoms with Gasteiger partial charge in [-0.2, -0.15) is 0 Å². The van der Waals surface area contributed by atoms with Crippen LogP contribution in [0.5, 0.6) is 23.1 Å². The lowest BCUT2D eigenvalue weighted by Crippen LogP contribution is -2.48. The van der Waals surface area contributed by atoms with E-state index in [1.807, 2.05) is 61.5 Å². The summed E-state index contributed by atoms with van der Waals surface area (Å²) in [5.74, 6) is -1.03. The van der Waals surface area contributed by atoms with Crippen molar-refractivity contribution >= 4 is 44.4 Å². The van der Waals surface area contributed by atoms with Gasteiger partial charge in [0.05, 0.1) is 47.9 Å². The highest BCUT2D eigenvalue weighted by molar-refractivity contribution is 7.91. The molecule has 3 aliphatic heterocycles. The summed E-state index contributed by atoms with van der Waals surface area (Å²) in [6.07, 6.45) is 6.22. The molecule has 14 nitrogen and oxygen atoms in total. The Kier molecular flexibility index (Phi) is 12.3. The van der Waals surface area contributed by atoms with Crippen LogP contribution in [0.2, 0.25) is 0 Å². The van der Waals surface area contributed by atoms with Gasteiger partial charge in [-0.05, 0) is 132 Å². The number of methoxy groups -OCH3 is 1. The van der Waals surface area contributed by atoms with Gasteiger partial charge in [0.1, 0.15) is 30.7 Å². The third-order valence-corrected chi connectivity index (χ3v) is 15.9. The molecule has 1 unspecified atom stereocenters. The molecule has 7 atom stereocenters. The van der Waals surface area contributed by atoms with Crippen LogP contribution in [0, 0.1) is 29.1 Å². The van der Waals surface area contributed by atoms with Crippen LogP contribution in [0.4, 0.5) is 0 Å². The van der Waals surface area contributed by atoms with Crippen molar-refractivity contribution in [2.45, 2.75) is 122 Å². The average Bonchev–Trinajstić information content (AvgIpc) is 4.13. The van der Waals surface area contributed by atoms with Gasteiger partial charge in [0, 0.05) is 23.8 Å². The summed E-state index contributed by atoms with van der Waals surface area (Å²) in [4.78, 5) is 64.3. The van der Waals surface area contributed by atoms with E-state index in [-0.39, 0.29) is 61.1 Å². The number of hydrogen-bond acceptors (Lipinski definition) is 12. The van der Waals surface area contributed by atoms with E-state index >= 15 is 4.79 Å². The molecule has 3 fully saturated rings. The average molecular weight is 900 g/mol. The zero-order valence-corrected chi connectivity index (χ0v) is 38.8. The third kappa shape index (κ3) is 9.46. The van der Waals surface area contributed by atoms with E-state index in [9.17, 15) is 22.8 Å². The molecule has 0 radical (unpaired) electrons. The molecule has 2 aliphatic carbocycles. The second kappa shape index (κ2) is 17.3. The number of ether oxygens (including phenoxy) is 5. The molecule has 15 heteroatoms. The summed E-state index contributed by atoms with van der Waals surface area (Å²) >= 11 is 0. The maximum atomic E-state index is 15.2. The maximum absolute atomic E-state index is 15.2. The minimum Gasteiger partial charge on any atom is -0.497 e. The van der Waals surface area contributed by atoms with Gasteiger partial charge in [-0.3, -0.25) is 23.9 Å². The van der Waals surface area contributed by atoms with Crippen molar-refractivity contribution in [2.75, 3.05) is 26.9 Å². The van der Waals surface area contributed by atoms with Gasteiger partial charge >= 0.3 is 5.97 Å². The molecule has 344 valence electrons. The van der Waals surface area contributed by atoms with Crippen LogP contribution in [-0.4, -0.2) is 91.2 Å². The maximum Gasteiger partial charge on any atom is 0.307 e. The highest BCUT2D eigenvalue weighted by atomic mass is 32.2. The molecular formula is C49H61N3O11S. The number of esters is 1. The van der Waals surface area contributed by atoms with E-state index in [1.54, 1.807) is 34.8 Å². The van der Waals surface area contributed by atoms with Crippen molar-refractivity contribution in [1.29, 1.82) is 0 Å². The number of pyridine rings is 1. The number of Topliss-reactive ketones (excluding diaryl/α,β-unsaturated/α-hetero) is 1. The Hall–Kier alpha value is -5.18. The molecule has 2 amide bonds. The fourth-order valence-electron chi connectivity index (χ4n) is 9.58. The van der Waals surface area contributed by atoms with E-state index in [1.165, 1.54) is 4.90 Å². The van der Waals surface area contributed by atoms with Crippen LogP contribution in [0.3, 0.4) is 0 Å². The Morgan fingerprint density at radius 3 is 2.47 bits per heavy atom. The summed E-state index contributed by atoms with van der Waals surface area (Å²) in [5.41, 5.74) is -0.736. The molecular weight excluding hydrogens is 839 g/mol. The molecule has 1 aromatic heterocycles. The molecule has 5 aliphatic rings. The van der Waals surface area contributed by atoms with Crippen molar-refractivity contribution in [2.24, 2.45) is 29.1 Å². The fraction of sp³-hybridized carbons (Fsp3) is 0.571. The molecule has 2 saturated carbocycles. The van der Waals surface area contributed by atoms with E-state index in [0.717, 1.165) is 17.4 Å². The molecule has 1 saturated heterocycles. The first-order valence-electron chi connectivity index (χ1n) is 22.6. The molecule has 2 aromatic carbocycles. The van der Waals surface area contributed by atoms with Crippen molar-refractivity contribution in [1.82, 2.24) is 14.6 Å².